The maximum atomic E-state index is 12.6. The summed E-state index contributed by atoms with van der Waals surface area (Å²) in [6, 6.07) is 4.28. The van der Waals surface area contributed by atoms with Crippen molar-refractivity contribution in [1.82, 2.24) is 15.5 Å². The molecule has 0 radical (unpaired) electrons. The molecule has 108 valence electrons. The van der Waals surface area contributed by atoms with Crippen LogP contribution in [0.5, 0.6) is 5.75 Å². The Morgan fingerprint density at radius 2 is 2.25 bits per heavy atom. The number of phenolic OH excluding ortho intramolecular Hbond substituents is 1. The third kappa shape index (κ3) is 3.04. The van der Waals surface area contributed by atoms with Crippen LogP contribution in [-0.2, 0) is 4.79 Å². The second kappa shape index (κ2) is 6.40. The molecule has 1 saturated heterocycles. The number of nitrogens with zero attached hydrogens (tertiary/aromatic N) is 1. The fraction of sp³-hybridized carbons (Fsp3) is 0.385. The first kappa shape index (κ1) is 15.0. The predicted molar refractivity (Wildman–Crippen MR) is 82.6 cm³/mol. The van der Waals surface area contributed by atoms with Crippen LogP contribution in [0.15, 0.2) is 18.2 Å². The van der Waals surface area contributed by atoms with Gasteiger partial charge in [0.15, 0.2) is 0 Å². The van der Waals surface area contributed by atoms with Crippen LogP contribution in [0.2, 0.25) is 0 Å². The van der Waals surface area contributed by atoms with Gasteiger partial charge in [-0.1, -0.05) is 0 Å². The third-order valence-corrected chi connectivity index (χ3v) is 3.91. The van der Waals surface area contributed by atoms with Gasteiger partial charge in [0, 0.05) is 30.3 Å². The maximum Gasteiger partial charge on any atom is 0.258 e. The van der Waals surface area contributed by atoms with Crippen LogP contribution < -0.4 is 10.6 Å². The fourth-order valence-corrected chi connectivity index (χ4v) is 2.67. The van der Waals surface area contributed by atoms with Crippen molar-refractivity contribution in [2.45, 2.75) is 6.04 Å². The highest BCUT2D eigenvalue weighted by Gasteiger charge is 2.33. The molecule has 7 heteroatoms. The summed E-state index contributed by atoms with van der Waals surface area (Å²) in [6.45, 7) is 1.47. The van der Waals surface area contributed by atoms with Crippen molar-refractivity contribution in [3.63, 3.8) is 0 Å². The Balaban J connectivity index is 2.30. The minimum absolute atomic E-state index is 0.0652. The van der Waals surface area contributed by atoms with Crippen molar-refractivity contribution in [2.24, 2.45) is 0 Å². The lowest BCUT2D eigenvalue weighted by molar-refractivity contribution is -0.125. The van der Waals surface area contributed by atoms with Crippen molar-refractivity contribution in [3.8, 4) is 5.75 Å². The first-order valence-corrected chi connectivity index (χ1v) is 7.34. The van der Waals surface area contributed by atoms with E-state index in [4.69, 9.17) is 0 Å². The van der Waals surface area contributed by atoms with Crippen molar-refractivity contribution in [2.75, 3.05) is 26.7 Å². The largest absolute Gasteiger partial charge is 0.507 e. The molecule has 2 rings (SSSR count). The highest BCUT2D eigenvalue weighted by Crippen LogP contribution is 2.22. The van der Waals surface area contributed by atoms with Crippen LogP contribution in [0, 0.1) is 3.57 Å². The normalized spacial score (nSPS) is 18.7. The summed E-state index contributed by atoms with van der Waals surface area (Å²) in [7, 11) is 1.54. The number of nitrogens with one attached hydrogen (secondary N) is 2. The Bertz CT molecular complexity index is 536. The van der Waals surface area contributed by atoms with E-state index in [9.17, 15) is 14.7 Å². The Hall–Kier alpha value is -1.35. The number of carbonyl (C=O) groups excluding carboxylic acids is 2. The highest BCUT2D eigenvalue weighted by molar-refractivity contribution is 14.1. The highest BCUT2D eigenvalue weighted by atomic mass is 127. The number of carbonyl (C=O) groups is 2. The number of hydrogen-bond donors (Lipinski definition) is 3. The molecule has 1 aromatic carbocycles. The SMILES string of the molecule is CNC(=O)C1CNCCN1C(=O)c1cc(I)ccc1O. The molecule has 1 aromatic rings. The molecule has 0 spiro atoms. The molecule has 0 bridgehead atoms. The molecule has 20 heavy (non-hydrogen) atoms. The van der Waals surface area contributed by atoms with Crippen LogP contribution in [0.1, 0.15) is 10.4 Å². The molecular weight excluding hydrogens is 373 g/mol. The minimum Gasteiger partial charge on any atom is -0.507 e. The second-order valence-corrected chi connectivity index (χ2v) is 5.74. The zero-order valence-corrected chi connectivity index (χ0v) is 13.2. The maximum absolute atomic E-state index is 12.6. The molecule has 2 amide bonds. The first-order chi connectivity index (χ1) is 9.54. The van der Waals surface area contributed by atoms with E-state index in [1.54, 1.807) is 19.2 Å². The molecule has 1 fully saturated rings. The van der Waals surface area contributed by atoms with Crippen LogP contribution in [-0.4, -0.2) is 54.5 Å². The van der Waals surface area contributed by atoms with E-state index in [-0.39, 0.29) is 23.1 Å². The van der Waals surface area contributed by atoms with Crippen molar-refractivity contribution in [1.29, 1.82) is 0 Å². The number of hydrogen-bond acceptors (Lipinski definition) is 4. The Kier molecular flexibility index (Phi) is 4.81. The number of phenols is 1. The standard InChI is InChI=1S/C13H16IN3O3/c1-15-12(19)10-7-16-4-5-17(10)13(20)9-6-8(14)2-3-11(9)18/h2-3,6,10,16,18H,4-5,7H2,1H3,(H,15,19). The molecule has 0 aromatic heterocycles. The van der Waals surface area contributed by atoms with Gasteiger partial charge in [-0.05, 0) is 40.8 Å². The van der Waals surface area contributed by atoms with Gasteiger partial charge in [0.1, 0.15) is 11.8 Å². The van der Waals surface area contributed by atoms with E-state index in [0.29, 0.717) is 19.6 Å². The van der Waals surface area contributed by atoms with Crippen LogP contribution >= 0.6 is 22.6 Å². The van der Waals surface area contributed by atoms with E-state index >= 15 is 0 Å². The average Bonchev–Trinajstić information content (AvgIpc) is 2.48. The molecule has 3 N–H and O–H groups in total. The Morgan fingerprint density at radius 3 is 2.95 bits per heavy atom. The first-order valence-electron chi connectivity index (χ1n) is 6.26. The molecule has 0 aliphatic carbocycles. The third-order valence-electron chi connectivity index (χ3n) is 3.24. The minimum atomic E-state index is -0.557. The van der Waals surface area contributed by atoms with Gasteiger partial charge in [-0.3, -0.25) is 9.59 Å². The van der Waals surface area contributed by atoms with E-state index < -0.39 is 6.04 Å². The van der Waals surface area contributed by atoms with Crippen LogP contribution in [0.4, 0.5) is 0 Å². The topological polar surface area (TPSA) is 81.7 Å². The summed E-state index contributed by atoms with van der Waals surface area (Å²) >= 11 is 2.08. The molecule has 1 atom stereocenters. The number of aromatic hydroxyl groups is 1. The van der Waals surface area contributed by atoms with Gasteiger partial charge in [0.2, 0.25) is 5.91 Å². The molecule has 1 heterocycles. The predicted octanol–water partition coefficient (Wildman–Crippen LogP) is 0.157. The van der Waals surface area contributed by atoms with Gasteiger partial charge in [-0.25, -0.2) is 0 Å². The molecule has 1 aliphatic rings. The summed E-state index contributed by atoms with van der Waals surface area (Å²) in [5.41, 5.74) is 0.229. The van der Waals surface area contributed by atoms with Crippen molar-refractivity contribution < 1.29 is 14.7 Å². The lowest BCUT2D eigenvalue weighted by Gasteiger charge is -2.35. The summed E-state index contributed by atoms with van der Waals surface area (Å²) < 4.78 is 0.857. The lowest BCUT2D eigenvalue weighted by atomic mass is 10.1. The van der Waals surface area contributed by atoms with E-state index in [2.05, 4.69) is 33.2 Å². The van der Waals surface area contributed by atoms with Gasteiger partial charge in [0.05, 0.1) is 5.56 Å². The van der Waals surface area contributed by atoms with E-state index in [1.165, 1.54) is 11.0 Å². The number of halogens is 1. The number of piperazine rings is 1. The van der Waals surface area contributed by atoms with Gasteiger partial charge in [-0.15, -0.1) is 0 Å². The van der Waals surface area contributed by atoms with Gasteiger partial charge in [0.25, 0.3) is 5.91 Å². The molecule has 1 unspecified atom stereocenters. The summed E-state index contributed by atoms with van der Waals surface area (Å²) in [5.74, 6) is -0.601. The van der Waals surface area contributed by atoms with Crippen molar-refractivity contribution >= 4 is 34.4 Å². The number of benzene rings is 1. The molecule has 1 aliphatic heterocycles. The average molecular weight is 389 g/mol. The Morgan fingerprint density at radius 1 is 1.50 bits per heavy atom. The van der Waals surface area contributed by atoms with Crippen molar-refractivity contribution in [3.05, 3.63) is 27.3 Å². The number of likely N-dealkylation sites (N-methyl/N-ethyl adjacent to an activating group) is 1. The van der Waals surface area contributed by atoms with E-state index in [0.717, 1.165) is 3.57 Å². The summed E-state index contributed by atoms with van der Waals surface area (Å²) in [6.07, 6.45) is 0. The van der Waals surface area contributed by atoms with Gasteiger partial charge >= 0.3 is 0 Å². The molecule has 6 nitrogen and oxygen atoms in total. The monoisotopic (exact) mass is 389 g/mol. The number of rotatable bonds is 2. The molecule has 0 saturated carbocycles. The lowest BCUT2D eigenvalue weighted by Crippen LogP contribution is -2.59. The summed E-state index contributed by atoms with van der Waals surface area (Å²) in [4.78, 5) is 25.9. The summed E-state index contributed by atoms with van der Waals surface area (Å²) in [5, 5.41) is 15.5. The second-order valence-electron chi connectivity index (χ2n) is 4.49. The molecular formula is C13H16IN3O3. The smallest absolute Gasteiger partial charge is 0.258 e. The van der Waals surface area contributed by atoms with Crippen LogP contribution in [0.3, 0.4) is 0 Å². The number of amides is 2. The zero-order valence-electron chi connectivity index (χ0n) is 11.0. The van der Waals surface area contributed by atoms with Gasteiger partial charge < -0.3 is 20.6 Å². The van der Waals surface area contributed by atoms with Gasteiger partial charge in [-0.2, -0.15) is 0 Å². The Labute approximate surface area is 130 Å². The quantitative estimate of drug-likeness (QED) is 0.630. The fourth-order valence-electron chi connectivity index (χ4n) is 2.18. The van der Waals surface area contributed by atoms with E-state index in [1.807, 2.05) is 0 Å². The zero-order chi connectivity index (χ0) is 14.7. The van der Waals surface area contributed by atoms with Crippen LogP contribution in [0.25, 0.3) is 0 Å².